The van der Waals surface area contributed by atoms with Crippen molar-refractivity contribution in [3.63, 3.8) is 0 Å². The van der Waals surface area contributed by atoms with Gasteiger partial charge in [-0.15, -0.1) is 0 Å². The van der Waals surface area contributed by atoms with E-state index < -0.39 is 5.63 Å². The molecule has 27 heavy (non-hydrogen) atoms. The molecule has 0 radical (unpaired) electrons. The second-order valence-electron chi connectivity index (χ2n) is 6.39. The van der Waals surface area contributed by atoms with Gasteiger partial charge in [-0.1, -0.05) is 30.3 Å². The quantitative estimate of drug-likeness (QED) is 0.436. The minimum atomic E-state index is -0.421. The van der Waals surface area contributed by atoms with Crippen molar-refractivity contribution in [1.82, 2.24) is 0 Å². The second kappa shape index (κ2) is 7.16. The first-order chi connectivity index (χ1) is 13.2. The van der Waals surface area contributed by atoms with Crippen LogP contribution in [0.5, 0.6) is 11.5 Å². The topological polar surface area (TPSA) is 42.7 Å². The van der Waals surface area contributed by atoms with Crippen molar-refractivity contribution >= 4 is 27.4 Å². The lowest BCUT2D eigenvalue weighted by Gasteiger charge is -2.21. The summed E-state index contributed by atoms with van der Waals surface area (Å²) in [5.41, 5.74) is 1.14. The highest BCUT2D eigenvalue weighted by Gasteiger charge is 2.11. The van der Waals surface area contributed by atoms with Gasteiger partial charge in [0.15, 0.2) is 0 Å². The third-order valence-corrected chi connectivity index (χ3v) is 4.77. The maximum Gasteiger partial charge on any atom is 0.339 e. The SMILES string of the molecule is CCN(CC)c1ccc2c(Oc3ccc4ccccc4c3)cc(=O)oc2c1. The number of benzene rings is 3. The van der Waals surface area contributed by atoms with Crippen LogP contribution in [0.1, 0.15) is 13.8 Å². The van der Waals surface area contributed by atoms with Gasteiger partial charge in [-0.3, -0.25) is 0 Å². The molecule has 0 unspecified atom stereocenters. The van der Waals surface area contributed by atoms with Gasteiger partial charge in [0.05, 0.1) is 11.5 Å². The molecule has 136 valence electrons. The van der Waals surface area contributed by atoms with E-state index >= 15 is 0 Å². The molecule has 0 aliphatic heterocycles. The summed E-state index contributed by atoms with van der Waals surface area (Å²) in [7, 11) is 0. The van der Waals surface area contributed by atoms with Crippen molar-refractivity contribution in [3.05, 3.63) is 77.2 Å². The van der Waals surface area contributed by atoms with E-state index in [1.54, 1.807) is 0 Å². The summed E-state index contributed by atoms with van der Waals surface area (Å²) in [5, 5.41) is 3.01. The summed E-state index contributed by atoms with van der Waals surface area (Å²) < 4.78 is 11.5. The van der Waals surface area contributed by atoms with E-state index in [1.165, 1.54) is 6.07 Å². The van der Waals surface area contributed by atoms with Crippen molar-refractivity contribution in [2.75, 3.05) is 18.0 Å². The van der Waals surface area contributed by atoms with Crippen molar-refractivity contribution in [2.24, 2.45) is 0 Å². The Kier molecular flexibility index (Phi) is 4.55. The zero-order chi connectivity index (χ0) is 18.8. The molecule has 0 aliphatic carbocycles. The van der Waals surface area contributed by atoms with Gasteiger partial charge in [-0.25, -0.2) is 4.79 Å². The van der Waals surface area contributed by atoms with Crippen LogP contribution >= 0.6 is 0 Å². The number of hydrogen-bond acceptors (Lipinski definition) is 4. The van der Waals surface area contributed by atoms with E-state index in [0.717, 1.165) is 34.9 Å². The molecule has 0 bridgehead atoms. The molecule has 0 fully saturated rings. The number of hydrogen-bond donors (Lipinski definition) is 0. The van der Waals surface area contributed by atoms with Crippen molar-refractivity contribution in [1.29, 1.82) is 0 Å². The summed E-state index contributed by atoms with van der Waals surface area (Å²) in [5.74, 6) is 1.19. The fourth-order valence-electron chi connectivity index (χ4n) is 3.35. The number of anilines is 1. The van der Waals surface area contributed by atoms with Crippen LogP contribution in [0.2, 0.25) is 0 Å². The van der Waals surface area contributed by atoms with Crippen LogP contribution in [0.3, 0.4) is 0 Å². The second-order valence-corrected chi connectivity index (χ2v) is 6.39. The van der Waals surface area contributed by atoms with Gasteiger partial charge in [-0.05, 0) is 48.9 Å². The predicted molar refractivity (Wildman–Crippen MR) is 110 cm³/mol. The minimum Gasteiger partial charge on any atom is -0.456 e. The van der Waals surface area contributed by atoms with Gasteiger partial charge in [0.1, 0.15) is 17.1 Å². The van der Waals surface area contributed by atoms with Gasteiger partial charge in [0.25, 0.3) is 0 Å². The molecule has 0 atom stereocenters. The highest BCUT2D eigenvalue weighted by Crippen LogP contribution is 2.32. The lowest BCUT2D eigenvalue weighted by atomic mass is 10.1. The highest BCUT2D eigenvalue weighted by molar-refractivity contribution is 5.87. The number of fused-ring (bicyclic) bond motifs is 2. The Morgan fingerprint density at radius 1 is 0.889 bits per heavy atom. The van der Waals surface area contributed by atoms with Gasteiger partial charge in [0.2, 0.25) is 0 Å². The summed E-state index contributed by atoms with van der Waals surface area (Å²) in [4.78, 5) is 14.3. The Morgan fingerprint density at radius 2 is 1.67 bits per heavy atom. The average Bonchev–Trinajstić information content (AvgIpc) is 2.68. The van der Waals surface area contributed by atoms with E-state index in [1.807, 2.05) is 54.6 Å². The van der Waals surface area contributed by atoms with E-state index in [2.05, 4.69) is 24.8 Å². The highest BCUT2D eigenvalue weighted by atomic mass is 16.5. The molecule has 0 saturated heterocycles. The zero-order valence-corrected chi connectivity index (χ0v) is 15.4. The zero-order valence-electron chi connectivity index (χ0n) is 15.4. The van der Waals surface area contributed by atoms with Crippen LogP contribution in [-0.4, -0.2) is 13.1 Å². The Labute approximate surface area is 157 Å². The molecule has 0 spiro atoms. The number of ether oxygens (including phenoxy) is 1. The monoisotopic (exact) mass is 359 g/mol. The van der Waals surface area contributed by atoms with E-state index in [-0.39, 0.29) is 0 Å². The van der Waals surface area contributed by atoms with E-state index in [0.29, 0.717) is 17.1 Å². The Bertz CT molecular complexity index is 1160. The normalized spacial score (nSPS) is 11.0. The molecule has 0 N–H and O–H groups in total. The van der Waals surface area contributed by atoms with Crippen LogP contribution in [0.4, 0.5) is 5.69 Å². The molecule has 0 aliphatic rings. The minimum absolute atomic E-state index is 0.421. The lowest BCUT2D eigenvalue weighted by Crippen LogP contribution is -2.21. The third-order valence-electron chi connectivity index (χ3n) is 4.77. The largest absolute Gasteiger partial charge is 0.456 e. The third kappa shape index (κ3) is 3.38. The van der Waals surface area contributed by atoms with Crippen molar-refractivity contribution in [2.45, 2.75) is 13.8 Å². The average molecular weight is 359 g/mol. The maximum atomic E-state index is 12.1. The first-order valence-electron chi connectivity index (χ1n) is 9.17. The van der Waals surface area contributed by atoms with E-state index in [4.69, 9.17) is 9.15 Å². The molecule has 4 nitrogen and oxygen atoms in total. The number of nitrogens with zero attached hydrogens (tertiary/aromatic N) is 1. The molecule has 0 saturated carbocycles. The van der Waals surface area contributed by atoms with Gasteiger partial charge in [0, 0.05) is 24.8 Å². The van der Waals surface area contributed by atoms with Gasteiger partial charge < -0.3 is 14.1 Å². The van der Waals surface area contributed by atoms with Crippen molar-refractivity contribution < 1.29 is 9.15 Å². The molecule has 3 aromatic carbocycles. The lowest BCUT2D eigenvalue weighted by molar-refractivity contribution is 0.475. The smallest absolute Gasteiger partial charge is 0.339 e. The summed E-state index contributed by atoms with van der Waals surface area (Å²) in [6, 6.07) is 21.3. The first-order valence-corrected chi connectivity index (χ1v) is 9.17. The predicted octanol–water partition coefficient (Wildman–Crippen LogP) is 5.58. The summed E-state index contributed by atoms with van der Waals surface area (Å²) >= 11 is 0. The van der Waals surface area contributed by atoms with Gasteiger partial charge in [-0.2, -0.15) is 0 Å². The van der Waals surface area contributed by atoms with Crippen LogP contribution < -0.4 is 15.3 Å². The standard InChI is InChI=1S/C23H21NO3/c1-3-24(4-2)18-10-12-20-21(14-18)27-23(25)15-22(20)26-19-11-9-16-7-5-6-8-17(16)13-19/h5-15H,3-4H2,1-2H3. The molecule has 4 heteroatoms. The molecular weight excluding hydrogens is 338 g/mol. The maximum absolute atomic E-state index is 12.1. The molecule has 4 aromatic rings. The summed E-state index contributed by atoms with van der Waals surface area (Å²) in [6.07, 6.45) is 0. The molecular formula is C23H21NO3. The Hall–Kier alpha value is -3.27. The fraction of sp³-hybridized carbons (Fsp3) is 0.174. The Morgan fingerprint density at radius 3 is 2.44 bits per heavy atom. The van der Waals surface area contributed by atoms with Crippen LogP contribution in [0, 0.1) is 0 Å². The van der Waals surface area contributed by atoms with Crippen molar-refractivity contribution in [3.8, 4) is 11.5 Å². The fourth-order valence-corrected chi connectivity index (χ4v) is 3.35. The Balaban J connectivity index is 1.77. The molecule has 1 aromatic heterocycles. The van der Waals surface area contributed by atoms with Crippen LogP contribution in [-0.2, 0) is 0 Å². The summed E-state index contributed by atoms with van der Waals surface area (Å²) in [6.45, 7) is 5.98. The first kappa shape index (κ1) is 17.2. The molecule has 0 amide bonds. The molecule has 4 rings (SSSR count). The van der Waals surface area contributed by atoms with Gasteiger partial charge >= 0.3 is 5.63 Å². The van der Waals surface area contributed by atoms with Crippen LogP contribution in [0.15, 0.2) is 75.9 Å². The van der Waals surface area contributed by atoms with Crippen LogP contribution in [0.25, 0.3) is 21.7 Å². The van der Waals surface area contributed by atoms with E-state index in [9.17, 15) is 4.79 Å². The molecule has 1 heterocycles. The number of rotatable bonds is 5.